The summed E-state index contributed by atoms with van der Waals surface area (Å²) < 4.78 is 12.6. The van der Waals surface area contributed by atoms with Crippen molar-refractivity contribution in [3.8, 4) is 11.5 Å². The monoisotopic (exact) mass is 495 g/mol. The van der Waals surface area contributed by atoms with Crippen LogP contribution < -0.4 is 20.3 Å². The quantitative estimate of drug-likeness (QED) is 0.536. The second-order valence-electron chi connectivity index (χ2n) is 8.69. The number of amides is 1. The third-order valence-electron chi connectivity index (χ3n) is 6.23. The van der Waals surface area contributed by atoms with Gasteiger partial charge >= 0.3 is 5.97 Å². The van der Waals surface area contributed by atoms with Crippen molar-refractivity contribution in [3.05, 3.63) is 68.1 Å². The number of hydrogen-bond acceptors (Lipinski definition) is 7. The highest BCUT2D eigenvalue weighted by atomic mass is 32.1. The number of hydrogen-bond donors (Lipinski definition) is 2. The molecule has 2 aromatic heterocycles. The van der Waals surface area contributed by atoms with E-state index in [-0.39, 0.29) is 29.5 Å². The molecule has 182 valence electrons. The molecule has 0 saturated heterocycles. The summed E-state index contributed by atoms with van der Waals surface area (Å²) in [5, 5.41) is 13.5. The number of fused-ring (bicyclic) bond motifs is 2. The van der Waals surface area contributed by atoms with Gasteiger partial charge in [0.25, 0.3) is 11.5 Å². The fraction of sp³-hybridized carbons (Fsp3) is 0.360. The smallest absolute Gasteiger partial charge is 0.309 e. The first-order valence-electron chi connectivity index (χ1n) is 11.6. The van der Waals surface area contributed by atoms with E-state index < -0.39 is 11.9 Å². The minimum atomic E-state index is -0.999. The van der Waals surface area contributed by atoms with Crippen LogP contribution in [-0.2, 0) is 30.6 Å². The molecular weight excluding hydrogens is 470 g/mol. The number of carbonyl (C=O) groups excluding carboxylic acids is 1. The van der Waals surface area contributed by atoms with Gasteiger partial charge in [0, 0.05) is 11.1 Å². The maximum atomic E-state index is 13.6. The van der Waals surface area contributed by atoms with Crippen molar-refractivity contribution in [3.63, 3.8) is 0 Å². The number of rotatable bonds is 6. The Balaban J connectivity index is 1.49. The Kier molecular flexibility index (Phi) is 6.54. The van der Waals surface area contributed by atoms with Crippen molar-refractivity contribution in [2.45, 2.75) is 51.5 Å². The molecule has 0 radical (unpaired) electrons. The maximum Gasteiger partial charge on any atom is 0.309 e. The molecule has 3 heterocycles. The first-order valence-corrected chi connectivity index (χ1v) is 12.5. The number of aromatic nitrogens is 2. The number of carboxylic acid groups (broad SMARTS) is 1. The summed E-state index contributed by atoms with van der Waals surface area (Å²) in [7, 11) is 0. The molecule has 5 rings (SSSR count). The standard InChI is InChI=1S/C25H25N3O6S/c29-22(30)11-17-13-35-25(26-17)27-23(31)18-10-16-5-3-1-2-4-6-19(16)28(24(18)32)12-15-7-8-20-21(9-15)34-14-33-20/h7-10,13H,1-6,11-12,14H2,(H,29,30)(H,26,27,31). The van der Waals surface area contributed by atoms with Gasteiger partial charge in [-0.3, -0.25) is 19.7 Å². The molecule has 0 bridgehead atoms. The summed E-state index contributed by atoms with van der Waals surface area (Å²) in [5.41, 5.74) is 2.93. The number of pyridine rings is 1. The van der Waals surface area contributed by atoms with Gasteiger partial charge < -0.3 is 19.1 Å². The van der Waals surface area contributed by atoms with Crippen molar-refractivity contribution >= 4 is 28.3 Å². The van der Waals surface area contributed by atoms with Crippen molar-refractivity contribution in [2.24, 2.45) is 0 Å². The summed E-state index contributed by atoms with van der Waals surface area (Å²) in [6, 6.07) is 7.33. The molecule has 9 nitrogen and oxygen atoms in total. The van der Waals surface area contributed by atoms with Crippen LogP contribution in [0, 0.1) is 0 Å². The zero-order valence-electron chi connectivity index (χ0n) is 19.0. The largest absolute Gasteiger partial charge is 0.481 e. The zero-order chi connectivity index (χ0) is 24.4. The van der Waals surface area contributed by atoms with Gasteiger partial charge in [-0.1, -0.05) is 18.9 Å². The summed E-state index contributed by atoms with van der Waals surface area (Å²) in [4.78, 5) is 41.8. The van der Waals surface area contributed by atoms with Gasteiger partial charge in [-0.25, -0.2) is 4.98 Å². The van der Waals surface area contributed by atoms with Crippen LogP contribution >= 0.6 is 11.3 Å². The topological polar surface area (TPSA) is 120 Å². The number of thiazole rings is 1. The van der Waals surface area contributed by atoms with Crippen LogP contribution in [0.5, 0.6) is 11.5 Å². The van der Waals surface area contributed by atoms with Gasteiger partial charge in [0.2, 0.25) is 6.79 Å². The molecule has 10 heteroatoms. The van der Waals surface area contributed by atoms with Crippen LogP contribution in [0.3, 0.4) is 0 Å². The predicted octanol–water partition coefficient (Wildman–Crippen LogP) is 3.62. The lowest BCUT2D eigenvalue weighted by molar-refractivity contribution is -0.136. The molecule has 1 aliphatic carbocycles. The normalized spacial score (nSPS) is 14.6. The number of anilines is 1. The van der Waals surface area contributed by atoms with E-state index in [1.54, 1.807) is 16.0 Å². The first kappa shape index (κ1) is 23.1. The van der Waals surface area contributed by atoms with Gasteiger partial charge in [0.05, 0.1) is 18.7 Å². The lowest BCUT2D eigenvalue weighted by Gasteiger charge is -2.21. The summed E-state index contributed by atoms with van der Waals surface area (Å²) >= 11 is 1.13. The minimum absolute atomic E-state index is 0.0556. The molecule has 3 aromatic rings. The number of benzene rings is 1. The Bertz CT molecular complexity index is 1350. The van der Waals surface area contributed by atoms with Crippen LogP contribution in [0.2, 0.25) is 0 Å². The van der Waals surface area contributed by atoms with Crippen molar-refractivity contribution in [1.82, 2.24) is 9.55 Å². The highest BCUT2D eigenvalue weighted by Gasteiger charge is 2.22. The van der Waals surface area contributed by atoms with Gasteiger partial charge in [-0.2, -0.15) is 0 Å². The molecule has 2 aliphatic rings. The lowest BCUT2D eigenvalue weighted by atomic mass is 9.95. The average molecular weight is 496 g/mol. The van der Waals surface area contributed by atoms with Crippen LogP contribution in [0.15, 0.2) is 34.4 Å². The van der Waals surface area contributed by atoms with Gasteiger partial charge in [0.1, 0.15) is 5.56 Å². The Labute approximate surface area is 205 Å². The minimum Gasteiger partial charge on any atom is -0.481 e. The summed E-state index contributed by atoms with van der Waals surface area (Å²) in [6.45, 7) is 0.494. The molecule has 1 aliphatic heterocycles. The maximum absolute atomic E-state index is 13.6. The van der Waals surface area contributed by atoms with Gasteiger partial charge in [-0.05, 0) is 55.0 Å². The number of nitrogens with zero attached hydrogens (tertiary/aromatic N) is 2. The molecule has 0 spiro atoms. The number of aryl methyl sites for hydroxylation is 1. The van der Waals surface area contributed by atoms with Crippen molar-refractivity contribution in [2.75, 3.05) is 12.1 Å². The molecule has 0 saturated carbocycles. The summed E-state index contributed by atoms with van der Waals surface area (Å²) in [5.74, 6) is -0.222. The van der Waals surface area contributed by atoms with Crippen molar-refractivity contribution < 1.29 is 24.2 Å². The van der Waals surface area contributed by atoms with Crippen LogP contribution in [0.4, 0.5) is 5.13 Å². The molecule has 2 N–H and O–H groups in total. The van der Waals surface area contributed by atoms with E-state index in [0.717, 1.165) is 66.7 Å². The Morgan fingerprint density at radius 1 is 1.09 bits per heavy atom. The molecular formula is C25H25N3O6S. The summed E-state index contributed by atoms with van der Waals surface area (Å²) in [6.07, 6.45) is 5.58. The Hall–Kier alpha value is -3.66. The van der Waals surface area contributed by atoms with Gasteiger partial charge in [-0.15, -0.1) is 11.3 Å². The SMILES string of the molecule is O=C(O)Cc1csc(NC(=O)c2cc3c(n(Cc4ccc5c(c4)OCO5)c2=O)CCCCCC3)n1. The van der Waals surface area contributed by atoms with E-state index in [1.165, 1.54) is 0 Å². The number of ether oxygens (including phenoxy) is 2. The number of carboxylic acids is 1. The van der Waals surface area contributed by atoms with E-state index in [1.807, 2.05) is 18.2 Å². The fourth-order valence-corrected chi connectivity index (χ4v) is 5.26. The Morgan fingerprint density at radius 3 is 2.71 bits per heavy atom. The van der Waals surface area contributed by atoms with E-state index in [9.17, 15) is 14.4 Å². The third kappa shape index (κ3) is 5.07. The molecule has 0 unspecified atom stereocenters. The number of aliphatic carboxylic acids is 1. The number of nitrogens with one attached hydrogen (secondary N) is 1. The third-order valence-corrected chi connectivity index (χ3v) is 7.03. The van der Waals surface area contributed by atoms with Gasteiger partial charge in [0.15, 0.2) is 16.6 Å². The van der Waals surface area contributed by atoms with E-state index >= 15 is 0 Å². The zero-order valence-corrected chi connectivity index (χ0v) is 19.9. The highest BCUT2D eigenvalue weighted by molar-refractivity contribution is 7.14. The van der Waals surface area contributed by atoms with E-state index in [4.69, 9.17) is 14.6 Å². The fourth-order valence-electron chi connectivity index (χ4n) is 4.55. The highest BCUT2D eigenvalue weighted by Crippen LogP contribution is 2.33. The van der Waals surface area contributed by atoms with Crippen LogP contribution in [0.25, 0.3) is 0 Å². The molecule has 0 fully saturated rings. The average Bonchev–Trinajstić information content (AvgIpc) is 3.45. The molecule has 0 atom stereocenters. The first-order chi connectivity index (χ1) is 17.0. The van der Waals surface area contributed by atoms with E-state index in [2.05, 4.69) is 10.3 Å². The molecule has 35 heavy (non-hydrogen) atoms. The number of carbonyl (C=O) groups is 2. The van der Waals surface area contributed by atoms with Crippen LogP contribution in [-0.4, -0.2) is 33.3 Å². The molecule has 1 aromatic carbocycles. The van der Waals surface area contributed by atoms with Crippen LogP contribution in [0.1, 0.15) is 58.6 Å². The van der Waals surface area contributed by atoms with E-state index in [0.29, 0.717) is 23.7 Å². The second-order valence-corrected chi connectivity index (χ2v) is 9.55. The van der Waals surface area contributed by atoms with Crippen molar-refractivity contribution in [1.29, 1.82) is 0 Å². The predicted molar refractivity (Wildman–Crippen MR) is 130 cm³/mol. The molecule has 1 amide bonds. The lowest BCUT2D eigenvalue weighted by Crippen LogP contribution is -2.33. The second kappa shape index (κ2) is 9.91. The Morgan fingerprint density at radius 2 is 1.89 bits per heavy atom.